The Morgan fingerprint density at radius 1 is 0.869 bits per heavy atom. The standard InChI is InChI=1S/C46H58F3N4O6SSi/c1-33-18-19-34(28-41(33)45(2,3)4)43(59-61(39-14-10-8-11-15-39)40-16-12-9-13-17-40)42-31-51(20-21-52-24-25-58-37(30-52)32-57-7)22-23-53(42)44(54)35-26-36(46(47,48)49)29-38(27-35)60(55,56)50(5)6/h8-19,26-29,37,42-43H,20-25,30-32H2,1-7H3/t37-,42+,43?/m0/s1. The van der Waals surface area contributed by atoms with Gasteiger partial charge < -0.3 is 18.8 Å². The normalized spacial score (nSPS) is 19.1. The first-order valence-corrected chi connectivity index (χ1v) is 23.5. The third-order valence-electron chi connectivity index (χ3n) is 11.4. The SMILES string of the molecule is COC[C@@H]1CN(CCN2CCN(C(=O)c3cc(C(F)(F)F)cc(S(=O)(=O)N(C)C)c3)[C@@H](C(O[Si](c3ccccc3)c3ccccc3)c3ccc(C)c(C(C)(C)C)c3)C2)CCO1. The monoisotopic (exact) mass is 879 g/mol. The highest BCUT2D eigenvalue weighted by Crippen LogP contribution is 2.36. The van der Waals surface area contributed by atoms with Crippen LogP contribution in [0.25, 0.3) is 0 Å². The van der Waals surface area contributed by atoms with Crippen LogP contribution in [-0.4, -0.2) is 135 Å². The molecule has 0 saturated carbocycles. The number of halogens is 3. The van der Waals surface area contributed by atoms with Crippen LogP contribution >= 0.6 is 0 Å². The van der Waals surface area contributed by atoms with Gasteiger partial charge in [0.05, 0.1) is 41.9 Å². The van der Waals surface area contributed by atoms with Crippen molar-refractivity contribution in [1.82, 2.24) is 19.0 Å². The summed E-state index contributed by atoms with van der Waals surface area (Å²) in [7, 11) is -2.20. The molecule has 0 N–H and O–H groups in total. The molecule has 3 atom stereocenters. The maximum Gasteiger partial charge on any atom is 0.416 e. The predicted molar refractivity (Wildman–Crippen MR) is 233 cm³/mol. The van der Waals surface area contributed by atoms with Crippen LogP contribution in [0.2, 0.25) is 0 Å². The minimum absolute atomic E-state index is 0.0393. The molecular formula is C46H58F3N4O6SSi. The lowest BCUT2D eigenvalue weighted by molar-refractivity contribution is -0.137. The molecule has 2 aliphatic rings. The number of piperazine rings is 1. The maximum atomic E-state index is 15.0. The Labute approximate surface area is 361 Å². The molecule has 0 aliphatic carbocycles. The van der Waals surface area contributed by atoms with Gasteiger partial charge in [0.2, 0.25) is 10.0 Å². The number of carbonyl (C=O) groups excluding carboxylic acids is 1. The average molecular weight is 880 g/mol. The minimum Gasteiger partial charge on any atom is -0.398 e. The van der Waals surface area contributed by atoms with Crippen LogP contribution in [-0.2, 0) is 35.5 Å². The van der Waals surface area contributed by atoms with Crippen molar-refractivity contribution in [3.8, 4) is 0 Å². The number of hydrogen-bond acceptors (Lipinski definition) is 8. The number of sulfonamides is 1. The number of methoxy groups -OCH3 is 1. The van der Waals surface area contributed by atoms with E-state index in [4.69, 9.17) is 13.9 Å². The highest BCUT2D eigenvalue weighted by atomic mass is 32.2. The molecule has 4 aromatic rings. The largest absolute Gasteiger partial charge is 0.416 e. The fourth-order valence-electron chi connectivity index (χ4n) is 8.15. The number of amides is 1. The minimum atomic E-state index is -4.91. The lowest BCUT2D eigenvalue weighted by atomic mass is 9.82. The molecule has 1 amide bonds. The second-order valence-electron chi connectivity index (χ2n) is 17.1. The van der Waals surface area contributed by atoms with E-state index in [1.165, 1.54) is 14.1 Å². The number of rotatable bonds is 14. The van der Waals surface area contributed by atoms with E-state index in [0.717, 1.165) is 56.6 Å². The van der Waals surface area contributed by atoms with Gasteiger partial charge in [-0.05, 0) is 57.6 Å². The first-order valence-electron chi connectivity index (χ1n) is 20.6. The Hall–Kier alpha value is -3.93. The van der Waals surface area contributed by atoms with E-state index >= 15 is 4.79 Å². The van der Waals surface area contributed by atoms with Crippen LogP contribution in [0.15, 0.2) is 102 Å². The topological polar surface area (TPSA) is 91.9 Å². The average Bonchev–Trinajstić information content (AvgIpc) is 3.23. The molecule has 2 heterocycles. The van der Waals surface area contributed by atoms with Gasteiger partial charge in [-0.2, -0.15) is 13.2 Å². The van der Waals surface area contributed by atoms with Crippen molar-refractivity contribution in [2.75, 3.05) is 80.2 Å². The molecule has 15 heteroatoms. The Balaban J connectivity index is 1.49. The van der Waals surface area contributed by atoms with Gasteiger partial charge in [-0.25, -0.2) is 12.7 Å². The summed E-state index contributed by atoms with van der Waals surface area (Å²) in [6, 6.07) is 27.9. The van der Waals surface area contributed by atoms with E-state index < -0.39 is 53.8 Å². The van der Waals surface area contributed by atoms with E-state index in [-0.39, 0.29) is 23.6 Å². The van der Waals surface area contributed by atoms with Gasteiger partial charge in [-0.3, -0.25) is 14.6 Å². The third-order valence-corrected chi connectivity index (χ3v) is 15.4. The smallest absolute Gasteiger partial charge is 0.398 e. The van der Waals surface area contributed by atoms with Crippen molar-refractivity contribution in [2.45, 2.75) is 62.4 Å². The molecule has 10 nitrogen and oxygen atoms in total. The molecule has 1 unspecified atom stereocenters. The van der Waals surface area contributed by atoms with Gasteiger partial charge in [-0.15, -0.1) is 0 Å². The zero-order chi connectivity index (χ0) is 44.1. The van der Waals surface area contributed by atoms with Gasteiger partial charge in [0.15, 0.2) is 0 Å². The van der Waals surface area contributed by atoms with Crippen LogP contribution < -0.4 is 10.4 Å². The number of morpholine rings is 1. The molecule has 6 rings (SSSR count). The summed E-state index contributed by atoms with van der Waals surface area (Å²) in [6.45, 7) is 13.4. The molecule has 329 valence electrons. The summed E-state index contributed by atoms with van der Waals surface area (Å²) >= 11 is 0. The van der Waals surface area contributed by atoms with E-state index in [1.54, 1.807) is 12.0 Å². The lowest BCUT2D eigenvalue weighted by Crippen LogP contribution is -2.60. The molecule has 1 radical (unpaired) electrons. The lowest BCUT2D eigenvalue weighted by Gasteiger charge is -2.46. The van der Waals surface area contributed by atoms with Gasteiger partial charge in [0.1, 0.15) is 0 Å². The van der Waals surface area contributed by atoms with E-state index in [9.17, 15) is 21.6 Å². The van der Waals surface area contributed by atoms with Crippen molar-refractivity contribution < 1.29 is 40.3 Å². The zero-order valence-corrected chi connectivity index (χ0v) is 37.9. The Morgan fingerprint density at radius 3 is 2.07 bits per heavy atom. The Morgan fingerprint density at radius 2 is 1.49 bits per heavy atom. The van der Waals surface area contributed by atoms with E-state index in [2.05, 4.69) is 49.6 Å². The third kappa shape index (κ3) is 11.4. The second kappa shape index (κ2) is 19.6. The van der Waals surface area contributed by atoms with Crippen LogP contribution in [0, 0.1) is 6.92 Å². The quantitative estimate of drug-likeness (QED) is 0.152. The fourth-order valence-corrected chi connectivity index (χ4v) is 11.3. The van der Waals surface area contributed by atoms with Crippen LogP contribution in [0.1, 0.15) is 59.5 Å². The van der Waals surface area contributed by atoms with Crippen LogP contribution in [0.4, 0.5) is 13.2 Å². The van der Waals surface area contributed by atoms with Crippen molar-refractivity contribution in [2.24, 2.45) is 0 Å². The summed E-state index contributed by atoms with van der Waals surface area (Å²) in [5.41, 5.74) is 1.22. The molecule has 0 aromatic heterocycles. The fraction of sp³-hybridized carbons (Fsp3) is 0.457. The second-order valence-corrected chi connectivity index (χ2v) is 21.3. The summed E-state index contributed by atoms with van der Waals surface area (Å²) in [6.07, 6.45) is -5.69. The molecule has 2 fully saturated rings. The van der Waals surface area contributed by atoms with E-state index in [1.807, 2.05) is 66.7 Å². The number of ether oxygens (including phenoxy) is 2. The van der Waals surface area contributed by atoms with Gasteiger partial charge >= 0.3 is 6.18 Å². The van der Waals surface area contributed by atoms with Crippen LogP contribution in [0.3, 0.4) is 0 Å². The predicted octanol–water partition coefficient (Wildman–Crippen LogP) is 5.60. The molecule has 2 aliphatic heterocycles. The van der Waals surface area contributed by atoms with Crippen LogP contribution in [0.5, 0.6) is 0 Å². The Bertz CT molecular complexity index is 2170. The molecule has 0 spiro atoms. The molecule has 0 bridgehead atoms. The van der Waals surface area contributed by atoms with Crippen molar-refractivity contribution in [1.29, 1.82) is 0 Å². The Kier molecular flexibility index (Phi) is 15.0. The molecular weight excluding hydrogens is 822 g/mol. The molecule has 4 aromatic carbocycles. The maximum absolute atomic E-state index is 15.0. The first kappa shape index (κ1) is 46.6. The van der Waals surface area contributed by atoms with Crippen molar-refractivity contribution in [3.63, 3.8) is 0 Å². The highest BCUT2D eigenvalue weighted by molar-refractivity contribution is 7.89. The summed E-state index contributed by atoms with van der Waals surface area (Å²) in [5, 5.41) is 1.98. The number of aryl methyl sites for hydroxylation is 1. The number of alkyl halides is 3. The van der Waals surface area contributed by atoms with Gasteiger partial charge in [0.25, 0.3) is 14.9 Å². The number of benzene rings is 4. The number of hydrogen-bond donors (Lipinski definition) is 0. The van der Waals surface area contributed by atoms with Gasteiger partial charge in [0, 0.05) is 72.6 Å². The molecule has 61 heavy (non-hydrogen) atoms. The zero-order valence-electron chi connectivity index (χ0n) is 36.1. The number of carbonyl (C=O) groups is 1. The highest BCUT2D eigenvalue weighted by Gasteiger charge is 2.42. The van der Waals surface area contributed by atoms with E-state index in [0.29, 0.717) is 45.5 Å². The summed E-state index contributed by atoms with van der Waals surface area (Å²) < 4.78 is 89.7. The summed E-state index contributed by atoms with van der Waals surface area (Å²) in [4.78, 5) is 20.7. The van der Waals surface area contributed by atoms with Gasteiger partial charge in [-0.1, -0.05) is 99.6 Å². The van der Waals surface area contributed by atoms with Crippen molar-refractivity contribution >= 4 is 35.3 Å². The number of nitrogens with zero attached hydrogens (tertiary/aromatic N) is 4. The first-order chi connectivity index (χ1) is 28.9. The molecule has 2 saturated heterocycles. The summed E-state index contributed by atoms with van der Waals surface area (Å²) in [5.74, 6) is -0.702. The van der Waals surface area contributed by atoms with Crippen molar-refractivity contribution in [3.05, 3.63) is 125 Å².